The summed E-state index contributed by atoms with van der Waals surface area (Å²) in [6.45, 7) is 0.453. The van der Waals surface area contributed by atoms with Crippen LogP contribution in [0.4, 0.5) is 0 Å². The maximum atomic E-state index is 11.8. The highest BCUT2D eigenvalue weighted by molar-refractivity contribution is 5.75. The van der Waals surface area contributed by atoms with Gasteiger partial charge in [0.15, 0.2) is 11.5 Å². The Morgan fingerprint density at radius 2 is 2.14 bits per heavy atom. The summed E-state index contributed by atoms with van der Waals surface area (Å²) in [6, 6.07) is 8.35. The van der Waals surface area contributed by atoms with Crippen molar-refractivity contribution in [3.63, 3.8) is 0 Å². The van der Waals surface area contributed by atoms with Crippen LogP contribution in [0.2, 0.25) is 0 Å². The van der Waals surface area contributed by atoms with Crippen molar-refractivity contribution in [3.05, 3.63) is 52.4 Å². The summed E-state index contributed by atoms with van der Waals surface area (Å²) in [4.78, 5) is 23.3. The molecule has 1 N–H and O–H groups in total. The Morgan fingerprint density at radius 1 is 1.29 bits per heavy atom. The van der Waals surface area contributed by atoms with Crippen LogP contribution in [-0.4, -0.2) is 22.5 Å². The van der Waals surface area contributed by atoms with Crippen LogP contribution >= 0.6 is 0 Å². The van der Waals surface area contributed by atoms with E-state index < -0.39 is 0 Å². The summed E-state index contributed by atoms with van der Waals surface area (Å²) >= 11 is 0. The molecule has 0 radical (unpaired) electrons. The lowest BCUT2D eigenvalue weighted by molar-refractivity contribution is -0.122. The van der Waals surface area contributed by atoms with Crippen molar-refractivity contribution in [1.82, 2.24) is 15.1 Å². The molecule has 1 aliphatic heterocycles. The van der Waals surface area contributed by atoms with Gasteiger partial charge in [0.05, 0.1) is 0 Å². The Kier molecular flexibility index (Phi) is 3.55. The Balaban J connectivity index is 1.59. The van der Waals surface area contributed by atoms with E-state index in [4.69, 9.17) is 9.47 Å². The molecule has 0 saturated carbocycles. The zero-order valence-electron chi connectivity index (χ0n) is 11.1. The first-order chi connectivity index (χ1) is 10.2. The Hall–Kier alpha value is -2.83. The number of amides is 1. The summed E-state index contributed by atoms with van der Waals surface area (Å²) in [7, 11) is 0. The van der Waals surface area contributed by atoms with E-state index in [0.29, 0.717) is 18.0 Å². The second-order valence-corrected chi connectivity index (χ2v) is 4.48. The van der Waals surface area contributed by atoms with Crippen molar-refractivity contribution in [3.8, 4) is 11.5 Å². The minimum absolute atomic E-state index is 0.107. The first kappa shape index (κ1) is 13.2. The van der Waals surface area contributed by atoms with Crippen molar-refractivity contribution in [2.45, 2.75) is 13.1 Å². The summed E-state index contributed by atoms with van der Waals surface area (Å²) < 4.78 is 11.6. The second-order valence-electron chi connectivity index (χ2n) is 4.48. The van der Waals surface area contributed by atoms with Crippen LogP contribution in [-0.2, 0) is 17.9 Å². The molecule has 0 unspecified atom stereocenters. The normalized spacial score (nSPS) is 12.2. The first-order valence-electron chi connectivity index (χ1n) is 6.40. The Morgan fingerprint density at radius 3 is 3.00 bits per heavy atom. The molecule has 1 aromatic heterocycles. The van der Waals surface area contributed by atoms with E-state index in [0.717, 1.165) is 10.2 Å². The molecule has 0 saturated heterocycles. The lowest BCUT2D eigenvalue weighted by Gasteiger charge is -2.07. The molecule has 21 heavy (non-hydrogen) atoms. The molecular weight excluding hydrogens is 274 g/mol. The van der Waals surface area contributed by atoms with Gasteiger partial charge in [0, 0.05) is 18.8 Å². The largest absolute Gasteiger partial charge is 0.454 e. The zero-order valence-corrected chi connectivity index (χ0v) is 11.1. The maximum absolute atomic E-state index is 11.8. The third-order valence-electron chi connectivity index (χ3n) is 3.01. The number of aromatic nitrogens is 2. The van der Waals surface area contributed by atoms with E-state index in [-0.39, 0.29) is 24.8 Å². The molecule has 7 heteroatoms. The van der Waals surface area contributed by atoms with Gasteiger partial charge in [0.2, 0.25) is 12.7 Å². The fourth-order valence-electron chi connectivity index (χ4n) is 1.95. The van der Waals surface area contributed by atoms with E-state index >= 15 is 0 Å². The van der Waals surface area contributed by atoms with Crippen molar-refractivity contribution in [2.75, 3.05) is 6.79 Å². The molecule has 108 valence electrons. The van der Waals surface area contributed by atoms with Crippen molar-refractivity contribution in [1.29, 1.82) is 0 Å². The quantitative estimate of drug-likeness (QED) is 0.874. The molecule has 2 aromatic rings. The molecule has 0 bridgehead atoms. The monoisotopic (exact) mass is 287 g/mol. The number of ether oxygens (including phenoxy) is 2. The summed E-state index contributed by atoms with van der Waals surface area (Å²) in [5, 5.41) is 6.56. The third-order valence-corrected chi connectivity index (χ3v) is 3.01. The molecule has 1 aromatic carbocycles. The molecule has 3 rings (SSSR count). The minimum atomic E-state index is -0.310. The van der Waals surface area contributed by atoms with Gasteiger partial charge in [-0.1, -0.05) is 6.07 Å². The summed E-state index contributed by atoms with van der Waals surface area (Å²) in [5.74, 6) is 1.08. The van der Waals surface area contributed by atoms with Crippen LogP contribution in [0.25, 0.3) is 0 Å². The van der Waals surface area contributed by atoms with E-state index in [1.54, 1.807) is 6.07 Å². The van der Waals surface area contributed by atoms with E-state index in [9.17, 15) is 9.59 Å². The second kappa shape index (κ2) is 5.66. The number of carbonyl (C=O) groups is 1. The lowest BCUT2D eigenvalue weighted by Crippen LogP contribution is -2.32. The van der Waals surface area contributed by atoms with Crippen LogP contribution in [0.1, 0.15) is 5.56 Å². The third kappa shape index (κ3) is 3.02. The van der Waals surface area contributed by atoms with Gasteiger partial charge in [-0.15, -0.1) is 0 Å². The SMILES string of the molecule is O=C(Cn1ncccc1=O)NCc1ccc2c(c1)OCO2. The van der Waals surface area contributed by atoms with E-state index in [1.165, 1.54) is 18.3 Å². The van der Waals surface area contributed by atoms with Gasteiger partial charge in [0.1, 0.15) is 6.54 Å². The molecule has 2 heterocycles. The van der Waals surface area contributed by atoms with Gasteiger partial charge in [-0.3, -0.25) is 9.59 Å². The number of hydrogen-bond donors (Lipinski definition) is 1. The molecular formula is C14H13N3O4. The molecule has 1 aliphatic rings. The van der Waals surface area contributed by atoms with Gasteiger partial charge in [-0.05, 0) is 23.8 Å². The van der Waals surface area contributed by atoms with Crippen LogP contribution in [0.15, 0.2) is 41.3 Å². The van der Waals surface area contributed by atoms with Gasteiger partial charge < -0.3 is 14.8 Å². The summed E-state index contributed by atoms with van der Waals surface area (Å²) in [6.07, 6.45) is 1.46. The van der Waals surface area contributed by atoms with Crippen molar-refractivity contribution < 1.29 is 14.3 Å². The van der Waals surface area contributed by atoms with E-state index in [1.807, 2.05) is 12.1 Å². The number of fused-ring (bicyclic) bond motifs is 1. The fourth-order valence-corrected chi connectivity index (χ4v) is 1.95. The van der Waals surface area contributed by atoms with Gasteiger partial charge in [-0.25, -0.2) is 4.68 Å². The predicted molar refractivity (Wildman–Crippen MR) is 72.9 cm³/mol. The number of carbonyl (C=O) groups excluding carboxylic acids is 1. The molecule has 7 nitrogen and oxygen atoms in total. The highest BCUT2D eigenvalue weighted by Gasteiger charge is 2.13. The molecule has 0 aliphatic carbocycles. The Labute approximate surface area is 120 Å². The highest BCUT2D eigenvalue weighted by Crippen LogP contribution is 2.32. The van der Waals surface area contributed by atoms with Crippen LogP contribution in [0.5, 0.6) is 11.5 Å². The minimum Gasteiger partial charge on any atom is -0.454 e. The molecule has 0 fully saturated rings. The van der Waals surface area contributed by atoms with Crippen molar-refractivity contribution >= 4 is 5.91 Å². The number of nitrogens with zero attached hydrogens (tertiary/aromatic N) is 2. The number of rotatable bonds is 4. The average molecular weight is 287 g/mol. The predicted octanol–water partition coefficient (Wildman–Crippen LogP) is 0.288. The highest BCUT2D eigenvalue weighted by atomic mass is 16.7. The lowest BCUT2D eigenvalue weighted by atomic mass is 10.2. The zero-order chi connectivity index (χ0) is 14.7. The first-order valence-corrected chi connectivity index (χ1v) is 6.40. The number of benzene rings is 1. The van der Waals surface area contributed by atoms with Gasteiger partial charge in [0.25, 0.3) is 5.56 Å². The average Bonchev–Trinajstić information content (AvgIpc) is 2.95. The fraction of sp³-hybridized carbons (Fsp3) is 0.214. The van der Waals surface area contributed by atoms with Gasteiger partial charge >= 0.3 is 0 Å². The molecule has 0 atom stereocenters. The topological polar surface area (TPSA) is 82.5 Å². The smallest absolute Gasteiger partial charge is 0.267 e. The molecule has 1 amide bonds. The van der Waals surface area contributed by atoms with Crippen LogP contribution < -0.4 is 20.3 Å². The van der Waals surface area contributed by atoms with E-state index in [2.05, 4.69) is 10.4 Å². The van der Waals surface area contributed by atoms with Crippen molar-refractivity contribution in [2.24, 2.45) is 0 Å². The summed E-state index contributed by atoms with van der Waals surface area (Å²) in [5.41, 5.74) is 0.580. The van der Waals surface area contributed by atoms with Crippen LogP contribution in [0.3, 0.4) is 0 Å². The standard InChI is InChI=1S/C14H13N3O4/c18-13(8-17-14(19)2-1-5-16-17)15-7-10-3-4-11-12(6-10)21-9-20-11/h1-6H,7-9H2,(H,15,18). The maximum Gasteiger partial charge on any atom is 0.267 e. The van der Waals surface area contributed by atoms with Crippen LogP contribution in [0, 0.1) is 0 Å². The number of hydrogen-bond acceptors (Lipinski definition) is 5. The Bertz CT molecular complexity index is 726. The number of nitrogens with one attached hydrogen (secondary N) is 1. The molecule has 0 spiro atoms. The van der Waals surface area contributed by atoms with Gasteiger partial charge in [-0.2, -0.15) is 5.10 Å².